The molecule has 0 unspecified atom stereocenters. The molecule has 0 aliphatic carbocycles. The maximum absolute atomic E-state index is 13.1. The van der Waals surface area contributed by atoms with E-state index in [4.69, 9.17) is 0 Å². The molecule has 1 heterocycles. The molecule has 4 heteroatoms. The Bertz CT molecular complexity index is 736. The van der Waals surface area contributed by atoms with Crippen LogP contribution < -0.4 is 5.32 Å². The van der Waals surface area contributed by atoms with Crippen LogP contribution in [-0.2, 0) is 0 Å². The lowest BCUT2D eigenvalue weighted by Gasteiger charge is -2.01. The average Bonchev–Trinajstić information content (AvgIpc) is 2.83. The van der Waals surface area contributed by atoms with Gasteiger partial charge in [-0.1, -0.05) is 24.3 Å². The van der Waals surface area contributed by atoms with Gasteiger partial charge in [-0.3, -0.25) is 4.79 Å². The minimum atomic E-state index is -0.288. The van der Waals surface area contributed by atoms with Gasteiger partial charge in [0, 0.05) is 10.4 Å². The Hall–Kier alpha value is -2.20. The van der Waals surface area contributed by atoms with Gasteiger partial charge < -0.3 is 5.32 Å². The van der Waals surface area contributed by atoms with Crippen molar-refractivity contribution < 1.29 is 9.18 Å². The Morgan fingerprint density at radius 3 is 2.63 bits per heavy atom. The van der Waals surface area contributed by atoms with E-state index in [1.54, 1.807) is 12.1 Å². The molecule has 0 fully saturated rings. The molecule has 19 heavy (non-hydrogen) atoms. The molecule has 3 rings (SSSR count). The molecule has 2 nitrogen and oxygen atoms in total. The first-order valence-corrected chi connectivity index (χ1v) is 6.59. The minimum Gasteiger partial charge on any atom is -0.321 e. The third-order valence-corrected chi connectivity index (χ3v) is 3.83. The van der Waals surface area contributed by atoms with E-state index in [2.05, 4.69) is 5.32 Å². The van der Waals surface area contributed by atoms with Crippen molar-refractivity contribution in [1.29, 1.82) is 0 Å². The van der Waals surface area contributed by atoms with Crippen LogP contribution >= 0.6 is 11.3 Å². The van der Waals surface area contributed by atoms with E-state index >= 15 is 0 Å². The van der Waals surface area contributed by atoms with Crippen LogP contribution in [0.5, 0.6) is 0 Å². The summed E-state index contributed by atoms with van der Waals surface area (Å²) in [5.74, 6) is -0.461. The van der Waals surface area contributed by atoms with Gasteiger partial charge in [0.15, 0.2) is 0 Å². The summed E-state index contributed by atoms with van der Waals surface area (Å²) in [6, 6.07) is 15.5. The smallest absolute Gasteiger partial charge is 0.265 e. The highest BCUT2D eigenvalue weighted by Gasteiger charge is 2.10. The van der Waals surface area contributed by atoms with Crippen molar-refractivity contribution in [3.63, 3.8) is 0 Å². The zero-order valence-electron chi connectivity index (χ0n) is 9.89. The largest absolute Gasteiger partial charge is 0.321 e. The number of anilines is 1. The van der Waals surface area contributed by atoms with Crippen LogP contribution in [0.3, 0.4) is 0 Å². The molecule has 1 amide bonds. The third-order valence-electron chi connectivity index (χ3n) is 2.74. The highest BCUT2D eigenvalue weighted by atomic mass is 32.1. The van der Waals surface area contributed by atoms with E-state index in [9.17, 15) is 9.18 Å². The Kier molecular flexibility index (Phi) is 3.01. The molecule has 94 valence electrons. The standard InChI is InChI=1S/C15H10FNOS/c16-11-7-6-10-8-14(19-13(10)9-11)15(18)17-12-4-2-1-3-5-12/h1-9H,(H,17,18). The number of benzene rings is 2. The Balaban J connectivity index is 1.89. The van der Waals surface area contributed by atoms with E-state index in [-0.39, 0.29) is 11.7 Å². The van der Waals surface area contributed by atoms with E-state index in [0.717, 1.165) is 15.8 Å². The zero-order chi connectivity index (χ0) is 13.2. The number of amides is 1. The normalized spacial score (nSPS) is 10.6. The fraction of sp³-hybridized carbons (Fsp3) is 0. The molecule has 0 bridgehead atoms. The summed E-state index contributed by atoms with van der Waals surface area (Å²) in [6.07, 6.45) is 0. The van der Waals surface area contributed by atoms with Crippen molar-refractivity contribution in [2.45, 2.75) is 0 Å². The van der Waals surface area contributed by atoms with Crippen LogP contribution in [-0.4, -0.2) is 5.91 Å². The van der Waals surface area contributed by atoms with Crippen LogP contribution in [0.2, 0.25) is 0 Å². The lowest BCUT2D eigenvalue weighted by Crippen LogP contribution is -2.09. The highest BCUT2D eigenvalue weighted by molar-refractivity contribution is 7.20. The molecule has 2 aromatic carbocycles. The molecule has 3 aromatic rings. The van der Waals surface area contributed by atoms with Crippen molar-refractivity contribution in [2.24, 2.45) is 0 Å². The van der Waals surface area contributed by atoms with Gasteiger partial charge in [-0.15, -0.1) is 11.3 Å². The quantitative estimate of drug-likeness (QED) is 0.740. The fourth-order valence-corrected chi connectivity index (χ4v) is 2.81. The number of rotatable bonds is 2. The van der Waals surface area contributed by atoms with E-state index < -0.39 is 0 Å². The number of para-hydroxylation sites is 1. The van der Waals surface area contributed by atoms with Crippen molar-refractivity contribution in [1.82, 2.24) is 0 Å². The molecule has 1 N–H and O–H groups in total. The van der Waals surface area contributed by atoms with Gasteiger partial charge >= 0.3 is 0 Å². The number of carbonyl (C=O) groups excluding carboxylic acids is 1. The maximum Gasteiger partial charge on any atom is 0.265 e. The average molecular weight is 271 g/mol. The summed E-state index contributed by atoms with van der Waals surface area (Å²) in [7, 11) is 0. The van der Waals surface area contributed by atoms with Crippen LogP contribution in [0.4, 0.5) is 10.1 Å². The maximum atomic E-state index is 13.1. The summed E-state index contributed by atoms with van der Waals surface area (Å²) in [4.78, 5) is 12.6. The Labute approximate surface area is 113 Å². The number of fused-ring (bicyclic) bond motifs is 1. The minimum absolute atomic E-state index is 0.173. The van der Waals surface area contributed by atoms with Crippen molar-refractivity contribution in [3.8, 4) is 0 Å². The fourth-order valence-electron chi connectivity index (χ4n) is 1.83. The van der Waals surface area contributed by atoms with E-state index in [1.165, 1.54) is 23.5 Å². The number of hydrogen-bond donors (Lipinski definition) is 1. The van der Waals surface area contributed by atoms with Gasteiger partial charge in [0.1, 0.15) is 5.82 Å². The second-order valence-corrected chi connectivity index (χ2v) is 5.20. The first-order chi connectivity index (χ1) is 9.22. The lowest BCUT2D eigenvalue weighted by molar-refractivity contribution is 0.103. The molecule has 0 aliphatic rings. The van der Waals surface area contributed by atoms with E-state index in [1.807, 2.05) is 30.3 Å². The molecular formula is C15H10FNOS. The summed E-state index contributed by atoms with van der Waals surface area (Å²) < 4.78 is 13.9. The van der Waals surface area contributed by atoms with Gasteiger partial charge in [-0.2, -0.15) is 0 Å². The molecule has 0 spiro atoms. The summed E-state index contributed by atoms with van der Waals surface area (Å²) in [6.45, 7) is 0. The van der Waals surface area contributed by atoms with Gasteiger partial charge in [-0.05, 0) is 35.7 Å². The first kappa shape index (κ1) is 11.9. The lowest BCUT2D eigenvalue weighted by atomic mass is 10.2. The van der Waals surface area contributed by atoms with Crippen LogP contribution in [0.1, 0.15) is 9.67 Å². The molecule has 0 saturated carbocycles. The third kappa shape index (κ3) is 2.48. The summed E-state index contributed by atoms with van der Waals surface area (Å²) in [5.41, 5.74) is 0.746. The molecular weight excluding hydrogens is 261 g/mol. The van der Waals surface area contributed by atoms with Gasteiger partial charge in [-0.25, -0.2) is 4.39 Å². The highest BCUT2D eigenvalue weighted by Crippen LogP contribution is 2.26. The molecule has 0 saturated heterocycles. The predicted octanol–water partition coefficient (Wildman–Crippen LogP) is 4.29. The van der Waals surface area contributed by atoms with Crippen molar-refractivity contribution in [2.75, 3.05) is 5.32 Å². The van der Waals surface area contributed by atoms with E-state index in [0.29, 0.717) is 4.88 Å². The van der Waals surface area contributed by atoms with Gasteiger partial charge in [0.05, 0.1) is 4.88 Å². The number of thiophene rings is 1. The second kappa shape index (κ2) is 4.82. The molecule has 0 aliphatic heterocycles. The number of halogens is 1. The SMILES string of the molecule is O=C(Nc1ccccc1)c1cc2ccc(F)cc2s1. The summed E-state index contributed by atoms with van der Waals surface area (Å²) in [5, 5.41) is 3.69. The second-order valence-electron chi connectivity index (χ2n) is 4.11. The van der Waals surface area contributed by atoms with Crippen LogP contribution in [0, 0.1) is 5.82 Å². The van der Waals surface area contributed by atoms with Crippen LogP contribution in [0.25, 0.3) is 10.1 Å². The predicted molar refractivity (Wildman–Crippen MR) is 76.2 cm³/mol. The summed E-state index contributed by atoms with van der Waals surface area (Å²) >= 11 is 1.29. The van der Waals surface area contributed by atoms with Gasteiger partial charge in [0.2, 0.25) is 0 Å². The van der Waals surface area contributed by atoms with Crippen molar-refractivity contribution >= 4 is 33.0 Å². The monoisotopic (exact) mass is 271 g/mol. The van der Waals surface area contributed by atoms with Crippen LogP contribution in [0.15, 0.2) is 54.6 Å². The number of nitrogens with one attached hydrogen (secondary N) is 1. The number of carbonyl (C=O) groups is 1. The van der Waals surface area contributed by atoms with Crippen molar-refractivity contribution in [3.05, 3.63) is 65.3 Å². The molecule has 1 aromatic heterocycles. The zero-order valence-corrected chi connectivity index (χ0v) is 10.7. The van der Waals surface area contributed by atoms with Gasteiger partial charge in [0.25, 0.3) is 5.91 Å². The molecule has 0 radical (unpaired) electrons. The Morgan fingerprint density at radius 1 is 1.05 bits per heavy atom. The first-order valence-electron chi connectivity index (χ1n) is 5.78. The molecule has 0 atom stereocenters. The topological polar surface area (TPSA) is 29.1 Å². The number of hydrogen-bond acceptors (Lipinski definition) is 2. The Morgan fingerprint density at radius 2 is 1.84 bits per heavy atom.